The van der Waals surface area contributed by atoms with Gasteiger partial charge in [0.25, 0.3) is 5.91 Å². The lowest BCUT2D eigenvalue weighted by molar-refractivity contribution is 0.0785. The van der Waals surface area contributed by atoms with E-state index in [0.29, 0.717) is 12.1 Å². The first-order chi connectivity index (χ1) is 10.0. The minimum atomic E-state index is -0.284. The second-order valence-corrected chi connectivity index (χ2v) is 4.96. The molecule has 0 aromatic heterocycles. The highest BCUT2D eigenvalue weighted by Crippen LogP contribution is 2.17. The van der Waals surface area contributed by atoms with Crippen molar-refractivity contribution in [2.45, 2.75) is 13.5 Å². The smallest absolute Gasteiger partial charge is 0.253 e. The van der Waals surface area contributed by atoms with Gasteiger partial charge in [-0.05, 0) is 48.4 Å². The highest BCUT2D eigenvalue weighted by atomic mass is 19.1. The Morgan fingerprint density at radius 1 is 1.24 bits per heavy atom. The van der Waals surface area contributed by atoms with Gasteiger partial charge in [-0.15, -0.1) is 0 Å². The van der Waals surface area contributed by atoms with E-state index in [1.807, 2.05) is 6.92 Å². The number of amides is 1. The van der Waals surface area contributed by atoms with Crippen LogP contribution in [0.5, 0.6) is 0 Å². The molecule has 0 saturated heterocycles. The summed E-state index contributed by atoms with van der Waals surface area (Å²) in [5, 5.41) is 0. The molecule has 3 N–H and O–H groups in total. The van der Waals surface area contributed by atoms with Crippen molar-refractivity contribution in [1.29, 1.82) is 0 Å². The lowest BCUT2D eigenvalue weighted by atomic mass is 10.1. The van der Waals surface area contributed by atoms with Crippen LogP contribution in [0.25, 0.3) is 0 Å². The summed E-state index contributed by atoms with van der Waals surface area (Å²) < 4.78 is 12.9. The minimum absolute atomic E-state index is 0.0917. The topological polar surface area (TPSA) is 58.4 Å². The van der Waals surface area contributed by atoms with E-state index in [2.05, 4.69) is 5.43 Å². The summed E-state index contributed by atoms with van der Waals surface area (Å²) in [5.41, 5.74) is 5.73. The van der Waals surface area contributed by atoms with Crippen molar-refractivity contribution in [3.63, 3.8) is 0 Å². The number of rotatable bonds is 4. The van der Waals surface area contributed by atoms with Crippen molar-refractivity contribution in [2.24, 2.45) is 5.84 Å². The van der Waals surface area contributed by atoms with E-state index in [1.165, 1.54) is 12.1 Å². The zero-order valence-electron chi connectivity index (χ0n) is 12.1. The number of carbonyl (C=O) groups excluding carboxylic acids is 1. The van der Waals surface area contributed by atoms with Crippen LogP contribution in [0.1, 0.15) is 21.5 Å². The molecule has 5 heteroatoms. The fraction of sp³-hybridized carbons (Fsp3) is 0.188. The lowest BCUT2D eigenvalue weighted by Gasteiger charge is -2.18. The second kappa shape index (κ2) is 6.37. The summed E-state index contributed by atoms with van der Waals surface area (Å²) in [5.74, 6) is 5.00. The molecule has 0 aliphatic heterocycles. The van der Waals surface area contributed by atoms with Crippen LogP contribution in [0.15, 0.2) is 42.5 Å². The van der Waals surface area contributed by atoms with Gasteiger partial charge in [-0.25, -0.2) is 4.39 Å². The second-order valence-electron chi connectivity index (χ2n) is 4.96. The van der Waals surface area contributed by atoms with Gasteiger partial charge in [0.15, 0.2) is 0 Å². The molecule has 1 amide bonds. The molecule has 0 aliphatic carbocycles. The summed E-state index contributed by atoms with van der Waals surface area (Å²) in [6.45, 7) is 2.31. The Morgan fingerprint density at radius 3 is 2.48 bits per heavy atom. The number of hydrazine groups is 1. The summed E-state index contributed by atoms with van der Waals surface area (Å²) >= 11 is 0. The lowest BCUT2D eigenvalue weighted by Crippen LogP contribution is -2.26. The molecule has 21 heavy (non-hydrogen) atoms. The van der Waals surface area contributed by atoms with E-state index in [0.717, 1.165) is 16.8 Å². The molecule has 2 aromatic rings. The number of nitrogens with two attached hydrogens (primary N) is 1. The number of halogens is 1. The summed E-state index contributed by atoms with van der Waals surface area (Å²) in [6.07, 6.45) is 0. The highest BCUT2D eigenvalue weighted by Gasteiger charge is 2.13. The Hall–Kier alpha value is -2.40. The molecule has 2 rings (SSSR count). The quantitative estimate of drug-likeness (QED) is 0.671. The summed E-state index contributed by atoms with van der Waals surface area (Å²) in [7, 11) is 1.72. The Morgan fingerprint density at radius 2 is 1.90 bits per heavy atom. The number of hydrogen-bond donors (Lipinski definition) is 2. The maximum atomic E-state index is 12.9. The third-order valence-electron chi connectivity index (χ3n) is 3.31. The van der Waals surface area contributed by atoms with Gasteiger partial charge in [0.1, 0.15) is 5.82 Å². The van der Waals surface area contributed by atoms with Gasteiger partial charge in [0.2, 0.25) is 0 Å². The molecule has 4 nitrogen and oxygen atoms in total. The fourth-order valence-electron chi connectivity index (χ4n) is 2.11. The number of nitrogen functional groups attached to an aromatic ring is 1. The average molecular weight is 287 g/mol. The van der Waals surface area contributed by atoms with Crippen molar-refractivity contribution >= 4 is 11.6 Å². The maximum absolute atomic E-state index is 12.9. The third-order valence-corrected chi connectivity index (χ3v) is 3.31. The van der Waals surface area contributed by atoms with E-state index in [-0.39, 0.29) is 11.7 Å². The maximum Gasteiger partial charge on any atom is 0.253 e. The predicted molar refractivity (Wildman–Crippen MR) is 81.2 cm³/mol. The van der Waals surface area contributed by atoms with E-state index in [9.17, 15) is 9.18 Å². The number of carbonyl (C=O) groups is 1. The standard InChI is InChI=1S/C16H18FN3O/c1-11-9-13(5-8-15(11)19-18)16(21)20(2)10-12-3-6-14(17)7-4-12/h3-9,19H,10,18H2,1-2H3. The third kappa shape index (κ3) is 3.58. The van der Waals surface area contributed by atoms with E-state index < -0.39 is 0 Å². The number of benzene rings is 2. The molecule has 0 aliphatic rings. The van der Waals surface area contributed by atoms with Gasteiger partial charge in [-0.3, -0.25) is 10.6 Å². The fourth-order valence-corrected chi connectivity index (χ4v) is 2.11. The number of nitrogens with one attached hydrogen (secondary N) is 1. The van der Waals surface area contributed by atoms with Crippen LogP contribution >= 0.6 is 0 Å². The molecule has 0 spiro atoms. The minimum Gasteiger partial charge on any atom is -0.337 e. The number of aryl methyl sites for hydroxylation is 1. The molecule has 2 aromatic carbocycles. The number of hydrogen-bond acceptors (Lipinski definition) is 3. The molecule has 0 unspecified atom stereocenters. The summed E-state index contributed by atoms with van der Waals surface area (Å²) in [4.78, 5) is 14.0. The molecule has 110 valence electrons. The first-order valence-electron chi connectivity index (χ1n) is 6.58. The molecule has 0 heterocycles. The molecular weight excluding hydrogens is 269 g/mol. The van der Waals surface area contributed by atoms with Crippen LogP contribution in [-0.4, -0.2) is 17.9 Å². The molecular formula is C16H18FN3O. The van der Waals surface area contributed by atoms with Gasteiger partial charge in [-0.2, -0.15) is 0 Å². The predicted octanol–water partition coefficient (Wildman–Crippen LogP) is 2.69. The largest absolute Gasteiger partial charge is 0.337 e. The van der Waals surface area contributed by atoms with Gasteiger partial charge in [0.05, 0.1) is 5.69 Å². The van der Waals surface area contributed by atoms with Crippen LogP contribution in [0.2, 0.25) is 0 Å². The molecule has 0 bridgehead atoms. The van der Waals surface area contributed by atoms with E-state index in [1.54, 1.807) is 42.3 Å². The number of nitrogens with zero attached hydrogens (tertiary/aromatic N) is 1. The number of anilines is 1. The Kier molecular flexibility index (Phi) is 4.55. The van der Waals surface area contributed by atoms with Crippen LogP contribution < -0.4 is 11.3 Å². The molecule has 0 fully saturated rings. The first-order valence-corrected chi connectivity index (χ1v) is 6.58. The first kappa shape index (κ1) is 15.0. The van der Waals surface area contributed by atoms with Crippen LogP contribution in [0.4, 0.5) is 10.1 Å². The van der Waals surface area contributed by atoms with Crippen LogP contribution in [0, 0.1) is 12.7 Å². The van der Waals surface area contributed by atoms with Crippen molar-refractivity contribution in [3.8, 4) is 0 Å². The molecule has 0 saturated carbocycles. The average Bonchev–Trinajstić information content (AvgIpc) is 2.48. The summed E-state index contributed by atoms with van der Waals surface area (Å²) in [6, 6.07) is 11.4. The zero-order chi connectivity index (χ0) is 15.4. The molecule has 0 atom stereocenters. The highest BCUT2D eigenvalue weighted by molar-refractivity contribution is 5.94. The van der Waals surface area contributed by atoms with Crippen molar-refractivity contribution < 1.29 is 9.18 Å². The van der Waals surface area contributed by atoms with E-state index in [4.69, 9.17) is 5.84 Å². The monoisotopic (exact) mass is 287 g/mol. The Balaban J connectivity index is 2.11. The normalized spacial score (nSPS) is 10.3. The van der Waals surface area contributed by atoms with Gasteiger partial charge >= 0.3 is 0 Å². The van der Waals surface area contributed by atoms with Gasteiger partial charge < -0.3 is 10.3 Å². The van der Waals surface area contributed by atoms with E-state index >= 15 is 0 Å². The van der Waals surface area contributed by atoms with Crippen molar-refractivity contribution in [3.05, 3.63) is 65.0 Å². The zero-order valence-corrected chi connectivity index (χ0v) is 12.1. The molecule has 0 radical (unpaired) electrons. The van der Waals surface area contributed by atoms with Crippen molar-refractivity contribution in [2.75, 3.05) is 12.5 Å². The van der Waals surface area contributed by atoms with Crippen LogP contribution in [0.3, 0.4) is 0 Å². The van der Waals surface area contributed by atoms with Crippen LogP contribution in [-0.2, 0) is 6.54 Å². The van der Waals surface area contributed by atoms with Gasteiger partial charge in [-0.1, -0.05) is 12.1 Å². The Labute approximate surface area is 123 Å². The SMILES string of the molecule is Cc1cc(C(=O)N(C)Cc2ccc(F)cc2)ccc1NN. The Bertz CT molecular complexity index is 640. The van der Waals surface area contributed by atoms with Gasteiger partial charge in [0, 0.05) is 19.2 Å². The van der Waals surface area contributed by atoms with Crippen molar-refractivity contribution in [1.82, 2.24) is 4.90 Å².